The van der Waals surface area contributed by atoms with Gasteiger partial charge in [0.1, 0.15) is 17.2 Å². The zero-order chi connectivity index (χ0) is 18.7. The van der Waals surface area contributed by atoms with Gasteiger partial charge in [-0.05, 0) is 74.4 Å². The summed E-state index contributed by atoms with van der Waals surface area (Å²) >= 11 is 0. The molecule has 3 unspecified atom stereocenters. The Hall–Kier alpha value is -2.31. The Morgan fingerprint density at radius 1 is 0.964 bits per heavy atom. The highest BCUT2D eigenvalue weighted by Crippen LogP contribution is 2.42. The second kappa shape index (κ2) is 6.36. The van der Waals surface area contributed by atoms with E-state index in [4.69, 9.17) is 9.97 Å². The molecular formula is C22H24FN5. The van der Waals surface area contributed by atoms with Crippen LogP contribution in [0.2, 0.25) is 0 Å². The number of imidazole rings is 1. The number of rotatable bonds is 3. The molecule has 2 N–H and O–H groups in total. The van der Waals surface area contributed by atoms with Crippen LogP contribution in [0.3, 0.4) is 0 Å². The first-order valence-electron chi connectivity index (χ1n) is 10.4. The fourth-order valence-corrected chi connectivity index (χ4v) is 4.95. The zero-order valence-electron chi connectivity index (χ0n) is 15.7. The second-order valence-electron chi connectivity index (χ2n) is 8.52. The van der Waals surface area contributed by atoms with E-state index in [1.54, 1.807) is 0 Å². The molecule has 3 fully saturated rings. The number of benzene rings is 1. The van der Waals surface area contributed by atoms with Crippen molar-refractivity contribution in [3.8, 4) is 11.4 Å². The van der Waals surface area contributed by atoms with Crippen molar-refractivity contribution in [1.82, 2.24) is 25.4 Å². The molecule has 0 amide bonds. The summed E-state index contributed by atoms with van der Waals surface area (Å²) in [5.41, 5.74) is 10.8. The van der Waals surface area contributed by atoms with E-state index in [-0.39, 0.29) is 5.82 Å². The lowest BCUT2D eigenvalue weighted by molar-refractivity contribution is 0.257. The number of hydrogen-bond acceptors (Lipinski definition) is 4. The number of nitrogens with zero attached hydrogens (tertiary/aromatic N) is 3. The van der Waals surface area contributed by atoms with Crippen LogP contribution in [-0.4, -0.2) is 27.1 Å². The lowest BCUT2D eigenvalue weighted by Gasteiger charge is -2.32. The Labute approximate surface area is 163 Å². The number of nitrogens with one attached hydrogen (secondary N) is 2. The first-order valence-corrected chi connectivity index (χ1v) is 10.4. The fourth-order valence-electron chi connectivity index (χ4n) is 4.95. The van der Waals surface area contributed by atoms with Crippen LogP contribution in [-0.2, 0) is 0 Å². The molecule has 3 aromatic rings. The number of pyridine rings is 1. The number of fused-ring (bicyclic) bond motifs is 2. The van der Waals surface area contributed by atoms with Crippen LogP contribution in [0, 0.1) is 11.7 Å². The monoisotopic (exact) mass is 377 g/mol. The van der Waals surface area contributed by atoms with Crippen molar-refractivity contribution >= 4 is 11.2 Å². The minimum Gasteiger partial charge on any atom is -0.306 e. The van der Waals surface area contributed by atoms with Gasteiger partial charge in [0.2, 0.25) is 0 Å². The predicted octanol–water partition coefficient (Wildman–Crippen LogP) is 3.93. The van der Waals surface area contributed by atoms with Gasteiger partial charge in [0.05, 0.1) is 0 Å². The summed E-state index contributed by atoms with van der Waals surface area (Å²) < 4.78 is 15.9. The minimum absolute atomic E-state index is 0.218. The molecule has 6 heteroatoms. The van der Waals surface area contributed by atoms with Gasteiger partial charge in [-0.15, -0.1) is 0 Å². The zero-order valence-corrected chi connectivity index (χ0v) is 15.7. The summed E-state index contributed by atoms with van der Waals surface area (Å²) in [4.78, 5) is 10.00. The Morgan fingerprint density at radius 3 is 2.64 bits per heavy atom. The molecule has 5 nitrogen and oxygen atoms in total. The normalized spacial score (nSPS) is 27.2. The smallest absolute Gasteiger partial charge is 0.160 e. The Balaban J connectivity index is 1.49. The molecule has 1 saturated heterocycles. The van der Waals surface area contributed by atoms with Gasteiger partial charge in [0, 0.05) is 35.8 Å². The lowest BCUT2D eigenvalue weighted by Crippen LogP contribution is -2.36. The number of hydrazine groups is 1. The van der Waals surface area contributed by atoms with E-state index >= 15 is 0 Å². The maximum absolute atomic E-state index is 13.5. The van der Waals surface area contributed by atoms with Crippen molar-refractivity contribution in [2.24, 2.45) is 5.92 Å². The molecular weight excluding hydrogens is 353 g/mol. The SMILES string of the molecule is Fc1ccc(-c2nc3ccc(C4CC4)nc3n2C2CCC3NNCC3C2)cc1. The standard InChI is InChI=1S/C22H24FN5/c23-16-5-3-14(4-6-16)21-26-20-10-9-18(13-1-2-13)25-22(20)28(21)17-7-8-19-15(11-17)12-24-27-19/h3-6,9-10,13,15,17,19,24,27H,1-2,7-8,11-12H2. The minimum atomic E-state index is -0.218. The van der Waals surface area contributed by atoms with Gasteiger partial charge in [0.25, 0.3) is 0 Å². The molecule has 3 atom stereocenters. The molecule has 2 saturated carbocycles. The third-order valence-electron chi connectivity index (χ3n) is 6.63. The van der Waals surface area contributed by atoms with E-state index in [2.05, 4.69) is 27.6 Å². The molecule has 144 valence electrons. The van der Waals surface area contributed by atoms with Crippen molar-refractivity contribution in [1.29, 1.82) is 0 Å². The van der Waals surface area contributed by atoms with Gasteiger partial charge >= 0.3 is 0 Å². The largest absolute Gasteiger partial charge is 0.306 e. The van der Waals surface area contributed by atoms with Crippen molar-refractivity contribution < 1.29 is 4.39 Å². The van der Waals surface area contributed by atoms with E-state index in [1.165, 1.54) is 30.7 Å². The van der Waals surface area contributed by atoms with Crippen molar-refractivity contribution in [3.63, 3.8) is 0 Å². The van der Waals surface area contributed by atoms with Gasteiger partial charge in [-0.2, -0.15) is 0 Å². The van der Waals surface area contributed by atoms with Crippen LogP contribution in [0.15, 0.2) is 36.4 Å². The first kappa shape index (κ1) is 16.6. The van der Waals surface area contributed by atoms with Crippen molar-refractivity contribution in [2.45, 2.75) is 50.1 Å². The summed E-state index contributed by atoms with van der Waals surface area (Å²) in [5, 5.41) is 0. The molecule has 3 aliphatic rings. The summed E-state index contributed by atoms with van der Waals surface area (Å²) in [6, 6.07) is 11.9. The Kier molecular flexibility index (Phi) is 3.77. The second-order valence-corrected chi connectivity index (χ2v) is 8.52. The number of aromatic nitrogens is 3. The van der Waals surface area contributed by atoms with E-state index < -0.39 is 0 Å². The summed E-state index contributed by atoms with van der Waals surface area (Å²) in [7, 11) is 0. The Bertz CT molecular complexity index is 1020. The third-order valence-corrected chi connectivity index (χ3v) is 6.63. The topological polar surface area (TPSA) is 54.8 Å². The molecule has 2 aliphatic carbocycles. The van der Waals surface area contributed by atoms with Gasteiger partial charge in [-0.1, -0.05) is 0 Å². The highest BCUT2D eigenvalue weighted by Gasteiger charge is 2.36. The molecule has 1 aromatic carbocycles. The molecule has 0 spiro atoms. The van der Waals surface area contributed by atoms with Crippen LogP contribution in [0.4, 0.5) is 4.39 Å². The highest BCUT2D eigenvalue weighted by atomic mass is 19.1. The lowest BCUT2D eigenvalue weighted by atomic mass is 9.82. The van der Waals surface area contributed by atoms with Gasteiger partial charge < -0.3 is 4.57 Å². The average molecular weight is 377 g/mol. The molecule has 6 rings (SSSR count). The van der Waals surface area contributed by atoms with E-state index in [1.807, 2.05) is 12.1 Å². The molecule has 0 radical (unpaired) electrons. The fraction of sp³-hybridized carbons (Fsp3) is 0.455. The summed E-state index contributed by atoms with van der Waals surface area (Å²) in [6.45, 7) is 1.01. The van der Waals surface area contributed by atoms with Crippen molar-refractivity contribution in [2.75, 3.05) is 6.54 Å². The van der Waals surface area contributed by atoms with E-state index in [9.17, 15) is 4.39 Å². The quantitative estimate of drug-likeness (QED) is 0.726. The number of hydrogen-bond donors (Lipinski definition) is 2. The Morgan fingerprint density at radius 2 is 1.82 bits per heavy atom. The maximum atomic E-state index is 13.5. The van der Waals surface area contributed by atoms with Crippen LogP contribution >= 0.6 is 0 Å². The van der Waals surface area contributed by atoms with Crippen LogP contribution in [0.5, 0.6) is 0 Å². The van der Waals surface area contributed by atoms with E-state index in [0.29, 0.717) is 23.9 Å². The maximum Gasteiger partial charge on any atom is 0.160 e. The van der Waals surface area contributed by atoms with Crippen molar-refractivity contribution in [3.05, 3.63) is 47.9 Å². The summed E-state index contributed by atoms with van der Waals surface area (Å²) in [5.74, 6) is 1.94. The van der Waals surface area contributed by atoms with Crippen LogP contribution in [0.25, 0.3) is 22.6 Å². The number of halogens is 1. The van der Waals surface area contributed by atoms with Gasteiger partial charge in [0.15, 0.2) is 5.65 Å². The summed E-state index contributed by atoms with van der Waals surface area (Å²) in [6.07, 6.45) is 5.83. The van der Waals surface area contributed by atoms with Crippen LogP contribution in [0.1, 0.15) is 49.8 Å². The average Bonchev–Trinajstić information content (AvgIpc) is 3.34. The van der Waals surface area contributed by atoms with E-state index in [0.717, 1.165) is 48.4 Å². The predicted molar refractivity (Wildman–Crippen MR) is 106 cm³/mol. The highest BCUT2D eigenvalue weighted by molar-refractivity contribution is 5.78. The molecule has 2 aromatic heterocycles. The van der Waals surface area contributed by atoms with Gasteiger partial charge in [-0.25, -0.2) is 14.4 Å². The molecule has 1 aliphatic heterocycles. The molecule has 0 bridgehead atoms. The third kappa shape index (κ3) is 2.74. The van der Waals surface area contributed by atoms with Gasteiger partial charge in [-0.3, -0.25) is 10.9 Å². The molecule has 28 heavy (non-hydrogen) atoms. The van der Waals surface area contributed by atoms with Crippen LogP contribution < -0.4 is 10.9 Å². The molecule has 3 heterocycles. The first-order chi connectivity index (χ1) is 13.8.